The molecule has 0 bridgehead atoms. The van der Waals surface area contributed by atoms with Crippen molar-refractivity contribution in [1.82, 2.24) is 10.6 Å². The van der Waals surface area contributed by atoms with Gasteiger partial charge in [-0.1, -0.05) is 24.6 Å². The summed E-state index contributed by atoms with van der Waals surface area (Å²) in [5, 5.41) is 6.51. The van der Waals surface area contributed by atoms with E-state index in [0.717, 1.165) is 49.2 Å². The largest absolute Gasteiger partial charge is 0.351 e. The number of nitrogens with one attached hydrogen (secondary N) is 2. The molecule has 1 amide bonds. The van der Waals surface area contributed by atoms with Crippen LogP contribution in [0.2, 0.25) is 0 Å². The van der Waals surface area contributed by atoms with Crippen molar-refractivity contribution in [2.45, 2.75) is 40.5 Å². The quantitative estimate of drug-likeness (QED) is 0.900. The molecule has 1 aromatic carbocycles. The van der Waals surface area contributed by atoms with Crippen molar-refractivity contribution >= 4 is 18.3 Å². The van der Waals surface area contributed by atoms with Gasteiger partial charge in [-0.25, -0.2) is 0 Å². The maximum atomic E-state index is 12.5. The Morgan fingerprint density at radius 2 is 1.71 bits per heavy atom. The van der Waals surface area contributed by atoms with Gasteiger partial charge in [0.2, 0.25) is 0 Å². The average molecular weight is 311 g/mol. The van der Waals surface area contributed by atoms with Crippen LogP contribution in [0.4, 0.5) is 0 Å². The fourth-order valence-corrected chi connectivity index (χ4v) is 3.13. The third kappa shape index (κ3) is 4.45. The Balaban J connectivity index is 0.00000220. The van der Waals surface area contributed by atoms with Gasteiger partial charge in [-0.15, -0.1) is 12.4 Å². The number of hydrogen-bond acceptors (Lipinski definition) is 2. The van der Waals surface area contributed by atoms with Crippen LogP contribution in [0.15, 0.2) is 12.1 Å². The van der Waals surface area contributed by atoms with Crippen LogP contribution >= 0.6 is 12.4 Å². The van der Waals surface area contributed by atoms with Gasteiger partial charge < -0.3 is 10.6 Å². The third-order valence-corrected chi connectivity index (χ3v) is 4.39. The van der Waals surface area contributed by atoms with E-state index in [-0.39, 0.29) is 23.7 Å². The summed E-state index contributed by atoms with van der Waals surface area (Å²) in [6.07, 6.45) is 2.25. The molecule has 0 radical (unpaired) electrons. The maximum Gasteiger partial charge on any atom is 0.251 e. The minimum Gasteiger partial charge on any atom is -0.351 e. The Kier molecular flexibility index (Phi) is 6.24. The van der Waals surface area contributed by atoms with Crippen LogP contribution in [0.5, 0.6) is 0 Å². The Morgan fingerprint density at radius 3 is 2.24 bits per heavy atom. The van der Waals surface area contributed by atoms with E-state index in [1.54, 1.807) is 0 Å². The van der Waals surface area contributed by atoms with E-state index in [2.05, 4.69) is 36.6 Å². The van der Waals surface area contributed by atoms with E-state index >= 15 is 0 Å². The van der Waals surface area contributed by atoms with Crippen molar-refractivity contribution in [3.8, 4) is 0 Å². The van der Waals surface area contributed by atoms with Crippen molar-refractivity contribution in [2.75, 3.05) is 19.6 Å². The number of amides is 1. The second-order valence-electron chi connectivity index (χ2n) is 6.52. The normalized spacial score (nSPS) is 17.0. The lowest BCUT2D eigenvalue weighted by Crippen LogP contribution is -2.43. The topological polar surface area (TPSA) is 41.1 Å². The number of piperidine rings is 1. The highest BCUT2D eigenvalue weighted by atomic mass is 35.5. The fraction of sp³-hybridized carbons (Fsp3) is 0.588. The van der Waals surface area contributed by atoms with E-state index in [1.165, 1.54) is 5.56 Å². The van der Waals surface area contributed by atoms with Gasteiger partial charge in [-0.05, 0) is 63.2 Å². The van der Waals surface area contributed by atoms with Crippen molar-refractivity contribution in [3.63, 3.8) is 0 Å². The van der Waals surface area contributed by atoms with E-state index in [1.807, 2.05) is 13.8 Å². The average Bonchev–Trinajstić information content (AvgIpc) is 2.36. The lowest BCUT2D eigenvalue weighted by atomic mass is 9.81. The van der Waals surface area contributed by atoms with Gasteiger partial charge in [0.25, 0.3) is 5.91 Å². The summed E-state index contributed by atoms with van der Waals surface area (Å²) in [4.78, 5) is 12.5. The SMILES string of the molecule is Cc1cc(C)c(C(=O)NCC2(C)CCNCC2)c(C)c1.Cl. The molecular formula is C17H27ClN2O. The molecule has 0 atom stereocenters. The molecule has 1 aliphatic heterocycles. The van der Waals surface area contributed by atoms with Crippen LogP contribution in [0.25, 0.3) is 0 Å². The van der Waals surface area contributed by atoms with E-state index in [4.69, 9.17) is 0 Å². The minimum absolute atomic E-state index is 0. The minimum atomic E-state index is 0. The van der Waals surface area contributed by atoms with Gasteiger partial charge in [0, 0.05) is 12.1 Å². The van der Waals surface area contributed by atoms with Gasteiger partial charge in [-0.2, -0.15) is 0 Å². The molecule has 1 aliphatic rings. The van der Waals surface area contributed by atoms with Crippen LogP contribution in [-0.2, 0) is 0 Å². The van der Waals surface area contributed by atoms with Gasteiger partial charge in [-0.3, -0.25) is 4.79 Å². The first-order chi connectivity index (χ1) is 9.41. The lowest BCUT2D eigenvalue weighted by Gasteiger charge is -2.34. The number of hydrogen-bond donors (Lipinski definition) is 2. The summed E-state index contributed by atoms with van der Waals surface area (Å²) in [6.45, 7) is 11.2. The van der Waals surface area contributed by atoms with Crippen LogP contribution in [-0.4, -0.2) is 25.5 Å². The summed E-state index contributed by atoms with van der Waals surface area (Å²) in [7, 11) is 0. The van der Waals surface area contributed by atoms with Gasteiger partial charge in [0.15, 0.2) is 0 Å². The number of benzene rings is 1. The van der Waals surface area contributed by atoms with Gasteiger partial charge >= 0.3 is 0 Å². The first-order valence-corrected chi connectivity index (χ1v) is 7.48. The molecule has 1 saturated heterocycles. The Hall–Kier alpha value is -1.06. The molecule has 3 nitrogen and oxygen atoms in total. The predicted octanol–water partition coefficient (Wildman–Crippen LogP) is 3.15. The molecule has 0 aromatic heterocycles. The smallest absolute Gasteiger partial charge is 0.251 e. The summed E-state index contributed by atoms with van der Waals surface area (Å²) >= 11 is 0. The predicted molar refractivity (Wildman–Crippen MR) is 90.4 cm³/mol. The van der Waals surface area contributed by atoms with Crippen molar-refractivity contribution in [2.24, 2.45) is 5.41 Å². The van der Waals surface area contributed by atoms with Crippen molar-refractivity contribution < 1.29 is 4.79 Å². The van der Waals surface area contributed by atoms with Gasteiger partial charge in [0.05, 0.1) is 0 Å². The van der Waals surface area contributed by atoms with Gasteiger partial charge in [0.1, 0.15) is 0 Å². The molecule has 4 heteroatoms. The molecule has 0 unspecified atom stereocenters. The van der Waals surface area contributed by atoms with Crippen LogP contribution in [0.3, 0.4) is 0 Å². The molecule has 1 fully saturated rings. The van der Waals surface area contributed by atoms with Crippen molar-refractivity contribution in [3.05, 3.63) is 34.4 Å². The number of carbonyl (C=O) groups is 1. The van der Waals surface area contributed by atoms with E-state index in [0.29, 0.717) is 0 Å². The molecule has 0 spiro atoms. The number of carbonyl (C=O) groups excluding carboxylic acids is 1. The molecule has 0 saturated carbocycles. The third-order valence-electron chi connectivity index (χ3n) is 4.39. The van der Waals surface area contributed by atoms with E-state index in [9.17, 15) is 4.79 Å². The Morgan fingerprint density at radius 1 is 1.19 bits per heavy atom. The zero-order chi connectivity index (χ0) is 14.8. The van der Waals surface area contributed by atoms with Crippen LogP contribution < -0.4 is 10.6 Å². The van der Waals surface area contributed by atoms with Crippen LogP contribution in [0, 0.1) is 26.2 Å². The number of halogens is 1. The monoisotopic (exact) mass is 310 g/mol. The fourth-order valence-electron chi connectivity index (χ4n) is 3.13. The second kappa shape index (κ2) is 7.28. The molecule has 2 rings (SSSR count). The maximum absolute atomic E-state index is 12.5. The molecule has 1 heterocycles. The molecule has 21 heavy (non-hydrogen) atoms. The standard InChI is InChI=1S/C17H26N2O.ClH/c1-12-9-13(2)15(14(3)10-12)16(20)19-11-17(4)5-7-18-8-6-17;/h9-10,18H,5-8,11H2,1-4H3,(H,19,20);1H. The molecule has 0 aliphatic carbocycles. The highest BCUT2D eigenvalue weighted by Crippen LogP contribution is 2.27. The summed E-state index contributed by atoms with van der Waals surface area (Å²) in [5.41, 5.74) is 4.41. The first kappa shape index (κ1) is 18.0. The molecule has 2 N–H and O–H groups in total. The zero-order valence-electron chi connectivity index (χ0n) is 13.5. The highest BCUT2D eigenvalue weighted by molar-refractivity contribution is 5.97. The Bertz CT molecular complexity index is 485. The summed E-state index contributed by atoms with van der Waals surface area (Å²) in [6, 6.07) is 4.16. The summed E-state index contributed by atoms with van der Waals surface area (Å²) in [5.74, 6) is 0.0692. The lowest BCUT2D eigenvalue weighted by molar-refractivity contribution is 0.0921. The van der Waals surface area contributed by atoms with Crippen LogP contribution in [0.1, 0.15) is 46.8 Å². The highest BCUT2D eigenvalue weighted by Gasteiger charge is 2.27. The Labute approximate surface area is 134 Å². The van der Waals surface area contributed by atoms with Crippen molar-refractivity contribution in [1.29, 1.82) is 0 Å². The number of aryl methyl sites for hydroxylation is 3. The zero-order valence-corrected chi connectivity index (χ0v) is 14.3. The van der Waals surface area contributed by atoms with E-state index < -0.39 is 0 Å². The summed E-state index contributed by atoms with van der Waals surface area (Å²) < 4.78 is 0. The second-order valence-corrected chi connectivity index (χ2v) is 6.52. The molecule has 1 aromatic rings. The molecular weight excluding hydrogens is 284 g/mol. The molecule has 118 valence electrons. The first-order valence-electron chi connectivity index (χ1n) is 7.48. The number of rotatable bonds is 3.